The largest absolute Gasteiger partial charge is 0.390 e. The maximum Gasteiger partial charge on any atom is 0.0928 e. The van der Waals surface area contributed by atoms with Gasteiger partial charge in [0.2, 0.25) is 0 Å². The molecule has 1 saturated heterocycles. The third-order valence-electron chi connectivity index (χ3n) is 4.99. The van der Waals surface area contributed by atoms with E-state index in [0.29, 0.717) is 36.3 Å². The lowest BCUT2D eigenvalue weighted by atomic mass is 9.56. The van der Waals surface area contributed by atoms with E-state index in [1.165, 1.54) is 0 Å². The van der Waals surface area contributed by atoms with Gasteiger partial charge in [-0.1, -0.05) is 13.8 Å². The molecule has 2 fully saturated rings. The van der Waals surface area contributed by atoms with Gasteiger partial charge < -0.3 is 10.2 Å². The SMILES string of the molecule is CC1C(C)C2C(O)C(O)CN(C(C)C)CC12. The summed E-state index contributed by atoms with van der Waals surface area (Å²) in [6, 6.07) is 0.448. The maximum atomic E-state index is 10.2. The molecule has 2 N–H and O–H groups in total. The van der Waals surface area contributed by atoms with Crippen LogP contribution in [0.15, 0.2) is 0 Å². The fourth-order valence-electron chi connectivity index (χ4n) is 3.56. The zero-order valence-electron chi connectivity index (χ0n) is 10.8. The molecule has 6 unspecified atom stereocenters. The minimum atomic E-state index is -0.577. The van der Waals surface area contributed by atoms with Crippen molar-refractivity contribution in [3.05, 3.63) is 0 Å². The molecule has 2 aliphatic rings. The monoisotopic (exact) mass is 227 g/mol. The average molecular weight is 227 g/mol. The number of likely N-dealkylation sites (tertiary alicyclic amines) is 1. The first-order chi connectivity index (χ1) is 7.43. The summed E-state index contributed by atoms with van der Waals surface area (Å²) >= 11 is 0. The molecule has 3 heteroatoms. The number of nitrogens with zero attached hydrogens (tertiary/aromatic N) is 1. The molecule has 3 nitrogen and oxygen atoms in total. The van der Waals surface area contributed by atoms with Gasteiger partial charge in [0.25, 0.3) is 0 Å². The van der Waals surface area contributed by atoms with Gasteiger partial charge in [0.05, 0.1) is 12.2 Å². The Labute approximate surface area is 98.5 Å². The second-order valence-corrected chi connectivity index (χ2v) is 6.07. The van der Waals surface area contributed by atoms with Gasteiger partial charge in [-0.25, -0.2) is 0 Å². The molecular weight excluding hydrogens is 202 g/mol. The molecule has 94 valence electrons. The van der Waals surface area contributed by atoms with Gasteiger partial charge in [0.15, 0.2) is 0 Å². The highest BCUT2D eigenvalue weighted by Gasteiger charge is 2.52. The number of fused-ring (bicyclic) bond motifs is 1. The van der Waals surface area contributed by atoms with Crippen molar-refractivity contribution in [3.8, 4) is 0 Å². The third-order valence-corrected chi connectivity index (χ3v) is 4.99. The van der Waals surface area contributed by atoms with Crippen molar-refractivity contribution in [2.45, 2.75) is 45.9 Å². The van der Waals surface area contributed by atoms with Gasteiger partial charge in [-0.3, -0.25) is 4.90 Å². The van der Waals surface area contributed by atoms with Crippen molar-refractivity contribution in [2.24, 2.45) is 23.7 Å². The van der Waals surface area contributed by atoms with Gasteiger partial charge in [0, 0.05) is 19.1 Å². The van der Waals surface area contributed by atoms with Gasteiger partial charge in [-0.15, -0.1) is 0 Å². The Bertz CT molecular complexity index is 256. The first kappa shape index (κ1) is 12.3. The zero-order valence-corrected chi connectivity index (χ0v) is 10.8. The lowest BCUT2D eigenvalue weighted by Crippen LogP contribution is -2.53. The molecular formula is C13H25NO2. The number of aliphatic hydroxyl groups is 2. The first-order valence-electron chi connectivity index (χ1n) is 6.53. The fourth-order valence-corrected chi connectivity index (χ4v) is 3.56. The lowest BCUT2D eigenvalue weighted by molar-refractivity contribution is -0.108. The summed E-state index contributed by atoms with van der Waals surface area (Å²) in [6.07, 6.45) is -1.10. The first-order valence-corrected chi connectivity index (χ1v) is 6.53. The van der Waals surface area contributed by atoms with Gasteiger partial charge in [-0.2, -0.15) is 0 Å². The second kappa shape index (κ2) is 4.28. The van der Waals surface area contributed by atoms with Crippen molar-refractivity contribution < 1.29 is 10.2 Å². The van der Waals surface area contributed by atoms with Gasteiger partial charge in [-0.05, 0) is 37.5 Å². The maximum absolute atomic E-state index is 10.2. The van der Waals surface area contributed by atoms with Crippen molar-refractivity contribution in [3.63, 3.8) is 0 Å². The Hall–Kier alpha value is -0.120. The van der Waals surface area contributed by atoms with Gasteiger partial charge >= 0.3 is 0 Å². The van der Waals surface area contributed by atoms with E-state index < -0.39 is 12.2 Å². The Morgan fingerprint density at radius 3 is 2.25 bits per heavy atom. The van der Waals surface area contributed by atoms with Crippen LogP contribution in [0.2, 0.25) is 0 Å². The van der Waals surface area contributed by atoms with Crippen molar-refractivity contribution in [1.29, 1.82) is 0 Å². The molecule has 6 atom stereocenters. The molecule has 2 rings (SSSR count). The van der Waals surface area contributed by atoms with Crippen LogP contribution in [-0.4, -0.2) is 46.5 Å². The zero-order chi connectivity index (χ0) is 12.0. The van der Waals surface area contributed by atoms with E-state index in [9.17, 15) is 10.2 Å². The summed E-state index contributed by atoms with van der Waals surface area (Å²) in [6.45, 7) is 10.4. The standard InChI is InChI=1S/C13H25NO2/c1-7(2)14-5-10-8(3)9(4)12(10)13(16)11(15)6-14/h7-13,15-16H,5-6H2,1-4H3. The minimum Gasteiger partial charge on any atom is -0.390 e. The van der Waals surface area contributed by atoms with Crippen LogP contribution in [0.5, 0.6) is 0 Å². The third kappa shape index (κ3) is 1.79. The highest BCUT2D eigenvalue weighted by molar-refractivity contribution is 5.02. The highest BCUT2D eigenvalue weighted by Crippen LogP contribution is 2.49. The molecule has 1 saturated carbocycles. The molecule has 0 radical (unpaired) electrons. The quantitative estimate of drug-likeness (QED) is 0.701. The number of hydrogen-bond acceptors (Lipinski definition) is 3. The molecule has 0 spiro atoms. The minimum absolute atomic E-state index is 0.300. The van der Waals surface area contributed by atoms with Gasteiger partial charge in [0.1, 0.15) is 0 Å². The second-order valence-electron chi connectivity index (χ2n) is 6.07. The number of β-amino-alcohol motifs (C(OH)–C–C–N with tert-alkyl or cyclic N) is 1. The molecule has 0 aromatic heterocycles. The van der Waals surface area contributed by atoms with Crippen LogP contribution in [0.3, 0.4) is 0 Å². The molecule has 1 aliphatic heterocycles. The molecule has 0 amide bonds. The summed E-state index contributed by atoms with van der Waals surface area (Å²) in [5.74, 6) is 2.08. The Morgan fingerprint density at radius 1 is 1.06 bits per heavy atom. The molecule has 0 aromatic carbocycles. The van der Waals surface area contributed by atoms with Crippen molar-refractivity contribution >= 4 is 0 Å². The predicted octanol–water partition coefficient (Wildman–Crippen LogP) is 0.950. The number of aliphatic hydroxyl groups excluding tert-OH is 2. The predicted molar refractivity (Wildman–Crippen MR) is 64.0 cm³/mol. The van der Waals surface area contributed by atoms with E-state index in [-0.39, 0.29) is 0 Å². The van der Waals surface area contributed by atoms with Crippen LogP contribution >= 0.6 is 0 Å². The molecule has 0 aromatic rings. The van der Waals surface area contributed by atoms with Crippen LogP contribution in [0.4, 0.5) is 0 Å². The van der Waals surface area contributed by atoms with Crippen LogP contribution in [-0.2, 0) is 0 Å². The Kier molecular flexibility index (Phi) is 3.30. The number of rotatable bonds is 1. The van der Waals surface area contributed by atoms with Crippen LogP contribution in [0, 0.1) is 23.7 Å². The summed E-state index contributed by atoms with van der Waals surface area (Å²) in [5, 5.41) is 20.2. The normalized spacial score (nSPS) is 49.7. The van der Waals surface area contributed by atoms with E-state index >= 15 is 0 Å². The summed E-state index contributed by atoms with van der Waals surface area (Å²) in [4.78, 5) is 2.31. The number of hydrogen-bond donors (Lipinski definition) is 2. The highest BCUT2D eigenvalue weighted by atomic mass is 16.3. The van der Waals surface area contributed by atoms with E-state index in [0.717, 1.165) is 6.54 Å². The smallest absolute Gasteiger partial charge is 0.0928 e. The topological polar surface area (TPSA) is 43.7 Å². The Balaban J connectivity index is 2.15. The summed E-state index contributed by atoms with van der Waals surface area (Å²) in [7, 11) is 0. The van der Waals surface area contributed by atoms with E-state index in [2.05, 4.69) is 32.6 Å². The molecule has 0 bridgehead atoms. The van der Waals surface area contributed by atoms with E-state index in [1.54, 1.807) is 0 Å². The fraction of sp³-hybridized carbons (Fsp3) is 1.00. The van der Waals surface area contributed by atoms with Crippen LogP contribution in [0.25, 0.3) is 0 Å². The van der Waals surface area contributed by atoms with E-state index in [4.69, 9.17) is 0 Å². The summed E-state index contributed by atoms with van der Waals surface area (Å²) in [5.41, 5.74) is 0. The lowest BCUT2D eigenvalue weighted by Gasteiger charge is -2.51. The van der Waals surface area contributed by atoms with Crippen LogP contribution in [0.1, 0.15) is 27.7 Å². The van der Waals surface area contributed by atoms with Crippen LogP contribution < -0.4 is 0 Å². The van der Waals surface area contributed by atoms with E-state index in [1.807, 2.05) is 0 Å². The van der Waals surface area contributed by atoms with Crippen molar-refractivity contribution in [2.75, 3.05) is 13.1 Å². The molecule has 1 aliphatic carbocycles. The molecule has 16 heavy (non-hydrogen) atoms. The molecule has 1 heterocycles. The average Bonchev–Trinajstić information content (AvgIpc) is 2.35. The summed E-state index contributed by atoms with van der Waals surface area (Å²) < 4.78 is 0. The van der Waals surface area contributed by atoms with Crippen molar-refractivity contribution in [1.82, 2.24) is 4.90 Å². The Morgan fingerprint density at radius 2 is 1.69 bits per heavy atom.